The highest BCUT2D eigenvalue weighted by molar-refractivity contribution is 5.79. The third-order valence-corrected chi connectivity index (χ3v) is 4.34. The van der Waals surface area contributed by atoms with Crippen molar-refractivity contribution < 1.29 is 14.6 Å². The van der Waals surface area contributed by atoms with Crippen LogP contribution in [0.25, 0.3) is 0 Å². The zero-order valence-corrected chi connectivity index (χ0v) is 12.9. The van der Waals surface area contributed by atoms with Gasteiger partial charge < -0.3 is 14.7 Å². The summed E-state index contributed by atoms with van der Waals surface area (Å²) < 4.78 is 5.18. The molecule has 1 aliphatic rings. The van der Waals surface area contributed by atoms with Gasteiger partial charge in [-0.2, -0.15) is 0 Å². The monoisotopic (exact) mass is 291 g/mol. The van der Waals surface area contributed by atoms with E-state index in [4.69, 9.17) is 4.74 Å². The van der Waals surface area contributed by atoms with Gasteiger partial charge in [-0.3, -0.25) is 4.79 Å². The summed E-state index contributed by atoms with van der Waals surface area (Å²) in [6.07, 6.45) is 2.79. The van der Waals surface area contributed by atoms with Crippen LogP contribution in [-0.4, -0.2) is 42.2 Å². The number of hydrogen-bond acceptors (Lipinski definition) is 3. The molecule has 1 unspecified atom stereocenters. The molecule has 0 bridgehead atoms. The fraction of sp³-hybridized carbons (Fsp3) is 0.588. The van der Waals surface area contributed by atoms with E-state index in [1.165, 1.54) is 0 Å². The molecule has 1 atom stereocenters. The minimum absolute atomic E-state index is 0.160. The van der Waals surface area contributed by atoms with E-state index in [9.17, 15) is 9.90 Å². The highest BCUT2D eigenvalue weighted by Crippen LogP contribution is 2.23. The van der Waals surface area contributed by atoms with Crippen molar-refractivity contribution in [3.63, 3.8) is 0 Å². The van der Waals surface area contributed by atoms with Crippen LogP contribution in [0.3, 0.4) is 0 Å². The van der Waals surface area contributed by atoms with Crippen LogP contribution in [0, 0.1) is 5.92 Å². The first kappa shape index (κ1) is 15.8. The third kappa shape index (κ3) is 4.21. The van der Waals surface area contributed by atoms with Crippen molar-refractivity contribution in [1.29, 1.82) is 0 Å². The van der Waals surface area contributed by atoms with Crippen LogP contribution in [-0.2, 0) is 11.2 Å². The van der Waals surface area contributed by atoms with Crippen molar-refractivity contribution in [3.05, 3.63) is 29.8 Å². The molecule has 116 valence electrons. The molecule has 1 amide bonds. The number of aliphatic hydroxyl groups is 1. The maximum atomic E-state index is 12.3. The van der Waals surface area contributed by atoms with Crippen molar-refractivity contribution in [2.45, 2.75) is 38.7 Å². The molecule has 4 heteroatoms. The second kappa shape index (κ2) is 7.46. The minimum atomic E-state index is -0.222. The Bertz CT molecular complexity index is 467. The van der Waals surface area contributed by atoms with E-state index in [0.29, 0.717) is 12.3 Å². The number of methoxy groups -OCH3 is 1. The van der Waals surface area contributed by atoms with Crippen LogP contribution in [0.1, 0.15) is 31.7 Å². The molecule has 1 aromatic rings. The summed E-state index contributed by atoms with van der Waals surface area (Å²) in [5.74, 6) is 1.29. The number of carbonyl (C=O) groups is 1. The first-order valence-corrected chi connectivity index (χ1v) is 7.72. The van der Waals surface area contributed by atoms with Crippen LogP contribution in [0.5, 0.6) is 5.75 Å². The maximum Gasteiger partial charge on any atom is 0.226 e. The Morgan fingerprint density at radius 3 is 2.76 bits per heavy atom. The summed E-state index contributed by atoms with van der Waals surface area (Å²) >= 11 is 0. The van der Waals surface area contributed by atoms with E-state index >= 15 is 0 Å². The van der Waals surface area contributed by atoms with Crippen molar-refractivity contribution in [2.75, 3.05) is 20.2 Å². The van der Waals surface area contributed by atoms with E-state index in [1.807, 2.05) is 36.1 Å². The number of likely N-dealkylation sites (tertiary alicyclic amines) is 1. The van der Waals surface area contributed by atoms with Crippen LogP contribution >= 0.6 is 0 Å². The van der Waals surface area contributed by atoms with Crippen molar-refractivity contribution in [3.8, 4) is 5.75 Å². The fourth-order valence-electron chi connectivity index (χ4n) is 2.94. The Kier molecular flexibility index (Phi) is 5.62. The topological polar surface area (TPSA) is 49.8 Å². The molecule has 0 radical (unpaired) electrons. The van der Waals surface area contributed by atoms with Gasteiger partial charge in [0, 0.05) is 13.1 Å². The molecule has 1 N–H and O–H groups in total. The number of hydrogen-bond donors (Lipinski definition) is 1. The predicted molar refractivity (Wildman–Crippen MR) is 82.3 cm³/mol. The Morgan fingerprint density at radius 2 is 2.14 bits per heavy atom. The first-order valence-electron chi connectivity index (χ1n) is 7.72. The molecule has 1 aromatic carbocycles. The van der Waals surface area contributed by atoms with E-state index in [-0.39, 0.29) is 12.0 Å². The Balaban J connectivity index is 1.87. The number of carbonyl (C=O) groups excluding carboxylic acids is 1. The van der Waals surface area contributed by atoms with Crippen LogP contribution in [0.15, 0.2) is 24.3 Å². The number of benzene rings is 1. The Morgan fingerprint density at radius 1 is 1.43 bits per heavy atom. The summed E-state index contributed by atoms with van der Waals surface area (Å²) in [6, 6.07) is 7.65. The van der Waals surface area contributed by atoms with Crippen LogP contribution < -0.4 is 4.74 Å². The molecule has 4 nitrogen and oxygen atoms in total. The SMILES string of the molecule is CCC(O)C1CCN(C(=O)Cc2cccc(OC)c2)CC1. The van der Waals surface area contributed by atoms with Gasteiger partial charge in [-0.1, -0.05) is 19.1 Å². The second-order valence-corrected chi connectivity index (χ2v) is 5.72. The zero-order chi connectivity index (χ0) is 15.2. The minimum Gasteiger partial charge on any atom is -0.497 e. The molecule has 0 aromatic heterocycles. The normalized spacial score (nSPS) is 17.6. The summed E-state index contributed by atoms with van der Waals surface area (Å²) in [6.45, 7) is 3.51. The molecule has 1 heterocycles. The molecule has 21 heavy (non-hydrogen) atoms. The van der Waals surface area contributed by atoms with Gasteiger partial charge in [0.1, 0.15) is 5.75 Å². The van der Waals surface area contributed by atoms with E-state index in [0.717, 1.165) is 43.7 Å². The summed E-state index contributed by atoms with van der Waals surface area (Å²) in [5.41, 5.74) is 0.982. The highest BCUT2D eigenvalue weighted by Gasteiger charge is 2.26. The van der Waals surface area contributed by atoms with Gasteiger partial charge in [0.2, 0.25) is 5.91 Å². The zero-order valence-electron chi connectivity index (χ0n) is 12.9. The highest BCUT2D eigenvalue weighted by atomic mass is 16.5. The number of nitrogens with zero attached hydrogens (tertiary/aromatic N) is 1. The molecule has 1 fully saturated rings. The number of ether oxygens (including phenoxy) is 1. The van der Waals surface area contributed by atoms with Gasteiger partial charge in [0.25, 0.3) is 0 Å². The molecule has 1 aliphatic heterocycles. The van der Waals surface area contributed by atoms with Gasteiger partial charge in [0.05, 0.1) is 19.6 Å². The van der Waals surface area contributed by atoms with Crippen molar-refractivity contribution >= 4 is 5.91 Å². The number of amides is 1. The average Bonchev–Trinajstić information content (AvgIpc) is 2.54. The molecular formula is C17H25NO3. The Hall–Kier alpha value is -1.55. The van der Waals surface area contributed by atoms with Crippen molar-refractivity contribution in [2.24, 2.45) is 5.92 Å². The third-order valence-electron chi connectivity index (χ3n) is 4.34. The lowest BCUT2D eigenvalue weighted by Gasteiger charge is -2.34. The smallest absolute Gasteiger partial charge is 0.226 e. The average molecular weight is 291 g/mol. The lowest BCUT2D eigenvalue weighted by molar-refractivity contribution is -0.132. The van der Waals surface area contributed by atoms with E-state index in [1.54, 1.807) is 7.11 Å². The first-order chi connectivity index (χ1) is 10.1. The van der Waals surface area contributed by atoms with Gasteiger partial charge in [0.15, 0.2) is 0 Å². The molecule has 1 saturated heterocycles. The molecule has 0 aliphatic carbocycles. The van der Waals surface area contributed by atoms with E-state index < -0.39 is 0 Å². The lowest BCUT2D eigenvalue weighted by atomic mass is 9.90. The largest absolute Gasteiger partial charge is 0.497 e. The summed E-state index contributed by atoms with van der Waals surface area (Å²) in [7, 11) is 1.63. The van der Waals surface area contributed by atoms with Gasteiger partial charge in [-0.05, 0) is 42.9 Å². The van der Waals surface area contributed by atoms with Gasteiger partial charge in [-0.15, -0.1) is 0 Å². The second-order valence-electron chi connectivity index (χ2n) is 5.72. The number of piperidine rings is 1. The predicted octanol–water partition coefficient (Wildman–Crippen LogP) is 2.25. The summed E-state index contributed by atoms with van der Waals surface area (Å²) in [5, 5.41) is 9.88. The molecule has 0 spiro atoms. The number of rotatable bonds is 5. The van der Waals surface area contributed by atoms with Crippen molar-refractivity contribution in [1.82, 2.24) is 4.90 Å². The quantitative estimate of drug-likeness (QED) is 0.905. The number of aliphatic hydroxyl groups excluding tert-OH is 1. The maximum absolute atomic E-state index is 12.3. The molecular weight excluding hydrogens is 266 g/mol. The van der Waals surface area contributed by atoms with E-state index in [2.05, 4.69) is 0 Å². The fourth-order valence-corrected chi connectivity index (χ4v) is 2.94. The van der Waals surface area contributed by atoms with Gasteiger partial charge >= 0.3 is 0 Å². The molecule has 2 rings (SSSR count). The molecule has 0 saturated carbocycles. The standard InChI is InChI=1S/C17H25NO3/c1-3-16(19)14-7-9-18(10-8-14)17(20)12-13-5-4-6-15(11-13)21-2/h4-6,11,14,16,19H,3,7-10,12H2,1-2H3. The van der Waals surface area contributed by atoms with Crippen LogP contribution in [0.2, 0.25) is 0 Å². The summed E-state index contributed by atoms with van der Waals surface area (Å²) in [4.78, 5) is 14.3. The lowest BCUT2D eigenvalue weighted by Crippen LogP contribution is -2.41. The Labute approximate surface area is 126 Å². The van der Waals surface area contributed by atoms with Gasteiger partial charge in [-0.25, -0.2) is 0 Å². The van der Waals surface area contributed by atoms with Crippen LogP contribution in [0.4, 0.5) is 0 Å².